The molecule has 2 aromatic rings. The fourth-order valence-corrected chi connectivity index (χ4v) is 1.81. The molecule has 0 fully saturated rings. The number of carbonyl (C=O) groups excluding carboxylic acids is 1. The van der Waals surface area contributed by atoms with Crippen LogP contribution in [0.3, 0.4) is 0 Å². The summed E-state index contributed by atoms with van der Waals surface area (Å²) in [6, 6.07) is 9.39. The Labute approximate surface area is 129 Å². The normalized spacial score (nSPS) is 10.1. The largest absolute Gasteiger partial charge is 0.484 e. The number of amides is 1. The quantitative estimate of drug-likeness (QED) is 0.675. The molecule has 0 bridgehead atoms. The molecule has 2 aromatic carbocycles. The summed E-state index contributed by atoms with van der Waals surface area (Å²) in [6.07, 6.45) is 0. The van der Waals surface area contributed by atoms with Gasteiger partial charge in [0.25, 0.3) is 11.6 Å². The van der Waals surface area contributed by atoms with Gasteiger partial charge in [-0.2, -0.15) is 0 Å². The summed E-state index contributed by atoms with van der Waals surface area (Å²) in [7, 11) is 0. The van der Waals surface area contributed by atoms with E-state index in [1.807, 2.05) is 0 Å². The molecule has 6 nitrogen and oxygen atoms in total. The Kier molecular flexibility index (Phi) is 4.90. The van der Waals surface area contributed by atoms with Crippen LogP contribution in [0.1, 0.15) is 0 Å². The van der Waals surface area contributed by atoms with E-state index in [0.29, 0.717) is 0 Å². The second kappa shape index (κ2) is 6.86. The lowest BCUT2D eigenvalue weighted by Gasteiger charge is -2.08. The fraction of sp³-hybridized carbons (Fsp3) is 0.0714. The van der Waals surface area contributed by atoms with Gasteiger partial charge in [0.2, 0.25) is 0 Å². The maximum Gasteiger partial charge on any atom is 0.292 e. The van der Waals surface area contributed by atoms with Crippen molar-refractivity contribution in [2.45, 2.75) is 0 Å². The lowest BCUT2D eigenvalue weighted by Crippen LogP contribution is -2.20. The second-order valence-corrected chi connectivity index (χ2v) is 4.59. The van der Waals surface area contributed by atoms with Gasteiger partial charge in [-0.15, -0.1) is 0 Å². The van der Waals surface area contributed by atoms with E-state index in [1.165, 1.54) is 30.3 Å². The number of rotatable bonds is 5. The third-order valence-corrected chi connectivity index (χ3v) is 2.93. The van der Waals surface area contributed by atoms with Crippen molar-refractivity contribution in [1.29, 1.82) is 0 Å². The number of carbonyl (C=O) groups is 1. The number of nitro groups is 1. The molecule has 0 saturated heterocycles. The highest BCUT2D eigenvalue weighted by molar-refractivity contribution is 6.30. The number of hydrogen-bond acceptors (Lipinski definition) is 4. The molecule has 0 spiro atoms. The number of nitrogens with one attached hydrogen (secondary N) is 1. The zero-order valence-electron chi connectivity index (χ0n) is 11.1. The van der Waals surface area contributed by atoms with Crippen molar-refractivity contribution in [2.75, 3.05) is 11.9 Å². The van der Waals surface area contributed by atoms with Gasteiger partial charge in [0, 0.05) is 12.1 Å². The van der Waals surface area contributed by atoms with Crippen molar-refractivity contribution in [3.05, 3.63) is 63.4 Å². The van der Waals surface area contributed by atoms with Crippen LogP contribution in [0.2, 0.25) is 5.02 Å². The SMILES string of the molecule is O=C(COc1ccc(F)c(Cl)c1)Nc1ccccc1[N+](=O)[O-]. The molecule has 22 heavy (non-hydrogen) atoms. The van der Waals surface area contributed by atoms with Gasteiger partial charge in [0.15, 0.2) is 6.61 Å². The van der Waals surface area contributed by atoms with Crippen molar-refractivity contribution in [3.8, 4) is 5.75 Å². The Morgan fingerprint density at radius 1 is 1.32 bits per heavy atom. The van der Waals surface area contributed by atoms with Gasteiger partial charge in [-0.25, -0.2) is 4.39 Å². The van der Waals surface area contributed by atoms with Crippen molar-refractivity contribution < 1.29 is 18.8 Å². The third kappa shape index (κ3) is 3.92. The van der Waals surface area contributed by atoms with Crippen LogP contribution in [0.4, 0.5) is 15.8 Å². The first kappa shape index (κ1) is 15.7. The van der Waals surface area contributed by atoms with Crippen molar-refractivity contribution in [3.63, 3.8) is 0 Å². The van der Waals surface area contributed by atoms with Crippen molar-refractivity contribution in [1.82, 2.24) is 0 Å². The van der Waals surface area contributed by atoms with E-state index < -0.39 is 23.3 Å². The molecule has 0 aliphatic rings. The molecule has 1 amide bonds. The average molecular weight is 325 g/mol. The number of halogens is 2. The van der Waals surface area contributed by atoms with Gasteiger partial charge < -0.3 is 10.1 Å². The van der Waals surface area contributed by atoms with Gasteiger partial charge in [0.1, 0.15) is 17.3 Å². The number of nitro benzene ring substituents is 1. The Morgan fingerprint density at radius 3 is 2.73 bits per heavy atom. The van der Waals surface area contributed by atoms with Crippen LogP contribution in [0.25, 0.3) is 0 Å². The molecule has 0 aliphatic heterocycles. The zero-order chi connectivity index (χ0) is 16.1. The molecule has 8 heteroatoms. The van der Waals surface area contributed by atoms with E-state index in [1.54, 1.807) is 6.07 Å². The number of anilines is 1. The summed E-state index contributed by atoms with van der Waals surface area (Å²) in [5.74, 6) is -0.975. The lowest BCUT2D eigenvalue weighted by molar-refractivity contribution is -0.383. The number of ether oxygens (including phenoxy) is 1. The molecule has 0 radical (unpaired) electrons. The van der Waals surface area contributed by atoms with Crippen LogP contribution in [-0.2, 0) is 4.79 Å². The molecule has 2 rings (SSSR count). The number of nitrogens with zero attached hydrogens (tertiary/aromatic N) is 1. The van der Waals surface area contributed by atoms with E-state index >= 15 is 0 Å². The Balaban J connectivity index is 1.99. The molecule has 0 aromatic heterocycles. The molecule has 0 atom stereocenters. The topological polar surface area (TPSA) is 81.5 Å². The first-order valence-corrected chi connectivity index (χ1v) is 6.46. The van der Waals surface area contributed by atoms with E-state index in [9.17, 15) is 19.3 Å². The summed E-state index contributed by atoms with van der Waals surface area (Å²) in [5.41, 5.74) is -0.154. The van der Waals surface area contributed by atoms with Gasteiger partial charge in [-0.05, 0) is 18.2 Å². The highest BCUT2D eigenvalue weighted by atomic mass is 35.5. The fourth-order valence-electron chi connectivity index (χ4n) is 1.64. The van der Waals surface area contributed by atoms with E-state index in [0.717, 1.165) is 6.07 Å². The summed E-state index contributed by atoms with van der Waals surface area (Å²) in [6.45, 7) is -0.395. The average Bonchev–Trinajstić information content (AvgIpc) is 2.49. The van der Waals surface area contributed by atoms with Gasteiger partial charge in [-0.3, -0.25) is 14.9 Å². The molecule has 114 valence electrons. The molecule has 1 N–H and O–H groups in total. The molecular weight excluding hydrogens is 315 g/mol. The Morgan fingerprint density at radius 2 is 2.05 bits per heavy atom. The highest BCUT2D eigenvalue weighted by Crippen LogP contribution is 2.23. The summed E-state index contributed by atoms with van der Waals surface area (Å²) in [4.78, 5) is 22.0. The minimum atomic E-state index is -0.601. The van der Waals surface area contributed by atoms with E-state index in [4.69, 9.17) is 16.3 Å². The maximum absolute atomic E-state index is 13.0. The predicted molar refractivity (Wildman–Crippen MR) is 78.6 cm³/mol. The predicted octanol–water partition coefficient (Wildman–Crippen LogP) is 3.40. The molecular formula is C14H10ClFN2O4. The van der Waals surface area contributed by atoms with Gasteiger partial charge >= 0.3 is 0 Å². The second-order valence-electron chi connectivity index (χ2n) is 4.19. The van der Waals surface area contributed by atoms with Crippen LogP contribution in [0.15, 0.2) is 42.5 Å². The van der Waals surface area contributed by atoms with Crippen LogP contribution in [-0.4, -0.2) is 17.4 Å². The monoisotopic (exact) mass is 324 g/mol. The molecule has 0 heterocycles. The molecule has 0 saturated carbocycles. The van der Waals surface area contributed by atoms with Gasteiger partial charge in [-0.1, -0.05) is 23.7 Å². The minimum absolute atomic E-state index is 0.0678. The smallest absolute Gasteiger partial charge is 0.292 e. The first-order valence-electron chi connectivity index (χ1n) is 6.08. The van der Waals surface area contributed by atoms with Gasteiger partial charge in [0.05, 0.1) is 9.95 Å². The summed E-state index contributed by atoms with van der Waals surface area (Å²) < 4.78 is 18.1. The third-order valence-electron chi connectivity index (χ3n) is 2.64. The van der Waals surface area contributed by atoms with Crippen molar-refractivity contribution >= 4 is 28.9 Å². The maximum atomic E-state index is 13.0. The Bertz CT molecular complexity index is 724. The molecule has 0 aliphatic carbocycles. The van der Waals surface area contributed by atoms with Crippen LogP contribution < -0.4 is 10.1 Å². The van der Waals surface area contributed by atoms with Crippen LogP contribution in [0, 0.1) is 15.9 Å². The zero-order valence-corrected chi connectivity index (χ0v) is 11.8. The van der Waals surface area contributed by atoms with E-state index in [2.05, 4.69) is 5.32 Å². The summed E-state index contributed by atoms with van der Waals surface area (Å²) in [5, 5.41) is 13.1. The number of benzene rings is 2. The number of hydrogen-bond donors (Lipinski definition) is 1. The van der Waals surface area contributed by atoms with Crippen LogP contribution >= 0.6 is 11.6 Å². The number of para-hydroxylation sites is 2. The summed E-state index contributed by atoms with van der Waals surface area (Å²) >= 11 is 5.58. The lowest BCUT2D eigenvalue weighted by atomic mass is 10.2. The highest BCUT2D eigenvalue weighted by Gasteiger charge is 2.15. The van der Waals surface area contributed by atoms with E-state index in [-0.39, 0.29) is 22.1 Å². The minimum Gasteiger partial charge on any atom is -0.484 e. The standard InChI is InChI=1S/C14H10ClFN2O4/c15-10-7-9(5-6-11(10)16)22-8-14(19)17-12-3-1-2-4-13(12)18(20)21/h1-7H,8H2,(H,17,19). The first-order chi connectivity index (χ1) is 10.5. The molecule has 0 unspecified atom stereocenters. The van der Waals surface area contributed by atoms with Crippen LogP contribution in [0.5, 0.6) is 5.75 Å². The van der Waals surface area contributed by atoms with Crippen molar-refractivity contribution in [2.24, 2.45) is 0 Å². The Hall–Kier alpha value is -2.67.